The number of halogens is 2. The van der Waals surface area contributed by atoms with Gasteiger partial charge >= 0.3 is 0 Å². The number of rotatable bonds is 12. The Balaban J connectivity index is 1.22. The maximum Gasteiger partial charge on any atom is 0.253 e. The van der Waals surface area contributed by atoms with Gasteiger partial charge in [-0.2, -0.15) is 0 Å². The van der Waals surface area contributed by atoms with Gasteiger partial charge in [-0.3, -0.25) is 19.3 Å². The van der Waals surface area contributed by atoms with Crippen molar-refractivity contribution in [1.82, 2.24) is 10.2 Å². The van der Waals surface area contributed by atoms with Crippen LogP contribution in [0.2, 0.25) is 10.0 Å². The lowest BCUT2D eigenvalue weighted by atomic mass is 10.0. The largest absolute Gasteiger partial charge is 0.494 e. The number of benzene rings is 2. The summed E-state index contributed by atoms with van der Waals surface area (Å²) in [6.07, 6.45) is 3.18. The number of piperazine rings is 1. The minimum atomic E-state index is -0.695. The van der Waals surface area contributed by atoms with E-state index in [-0.39, 0.29) is 24.8 Å². The maximum absolute atomic E-state index is 13.0. The van der Waals surface area contributed by atoms with E-state index in [1.54, 1.807) is 12.1 Å². The quantitative estimate of drug-likeness (QED) is 0.342. The third-order valence-electron chi connectivity index (χ3n) is 7.66. The molecule has 0 spiro atoms. The number of amides is 3. The van der Waals surface area contributed by atoms with Crippen molar-refractivity contribution >= 4 is 52.3 Å². The third-order valence-corrected chi connectivity index (χ3v) is 8.47. The minimum Gasteiger partial charge on any atom is -0.494 e. The molecule has 1 saturated heterocycles. The van der Waals surface area contributed by atoms with Crippen molar-refractivity contribution < 1.29 is 19.1 Å². The van der Waals surface area contributed by atoms with Crippen molar-refractivity contribution in [2.24, 2.45) is 11.7 Å². The molecule has 2 aliphatic heterocycles. The van der Waals surface area contributed by atoms with Gasteiger partial charge in [0, 0.05) is 38.7 Å². The first-order valence-electron chi connectivity index (χ1n) is 14.7. The van der Waals surface area contributed by atoms with Crippen LogP contribution in [0.5, 0.6) is 5.75 Å². The summed E-state index contributed by atoms with van der Waals surface area (Å²) in [5.41, 5.74) is 8.33. The first kappa shape index (κ1) is 32.1. The Hall–Kier alpha value is -2.85. The second-order valence-electron chi connectivity index (χ2n) is 11.3. The average Bonchev–Trinajstić information content (AvgIpc) is 2.97. The lowest BCUT2D eigenvalue weighted by Gasteiger charge is -2.36. The van der Waals surface area contributed by atoms with E-state index in [0.717, 1.165) is 61.7 Å². The molecule has 3 N–H and O–H groups in total. The summed E-state index contributed by atoms with van der Waals surface area (Å²) < 4.78 is 6.00. The number of fused-ring (bicyclic) bond motifs is 1. The van der Waals surface area contributed by atoms with Crippen LogP contribution in [0, 0.1) is 5.92 Å². The molecule has 0 aromatic heterocycles. The monoisotopic (exact) mass is 617 g/mol. The fourth-order valence-corrected chi connectivity index (χ4v) is 5.79. The fourth-order valence-electron chi connectivity index (χ4n) is 5.38. The van der Waals surface area contributed by atoms with E-state index < -0.39 is 17.9 Å². The number of carbonyl (C=O) groups excluding carboxylic acids is 3. The Labute approximate surface area is 258 Å². The minimum absolute atomic E-state index is 0.236. The average molecular weight is 619 g/mol. The molecule has 2 aromatic rings. The van der Waals surface area contributed by atoms with Crippen molar-refractivity contribution in [2.75, 3.05) is 55.7 Å². The highest BCUT2D eigenvalue weighted by atomic mass is 35.5. The summed E-state index contributed by atoms with van der Waals surface area (Å²) in [4.78, 5) is 43.9. The van der Waals surface area contributed by atoms with E-state index in [1.807, 2.05) is 38.1 Å². The van der Waals surface area contributed by atoms with E-state index in [2.05, 4.69) is 15.1 Å². The van der Waals surface area contributed by atoms with E-state index in [0.29, 0.717) is 40.9 Å². The van der Waals surface area contributed by atoms with Crippen molar-refractivity contribution in [3.63, 3.8) is 0 Å². The number of hydrogen-bond acceptors (Lipinski definition) is 7. The van der Waals surface area contributed by atoms with Crippen molar-refractivity contribution in [1.29, 1.82) is 0 Å². The smallest absolute Gasteiger partial charge is 0.253 e. The van der Waals surface area contributed by atoms with Gasteiger partial charge in [0.15, 0.2) is 0 Å². The molecule has 0 radical (unpaired) electrons. The number of anilines is 2. The van der Waals surface area contributed by atoms with E-state index in [4.69, 9.17) is 33.7 Å². The van der Waals surface area contributed by atoms with Crippen LogP contribution in [-0.4, -0.2) is 74.5 Å². The first-order chi connectivity index (χ1) is 20.1. The summed E-state index contributed by atoms with van der Waals surface area (Å²) in [6, 6.07) is 10.6. The predicted molar refractivity (Wildman–Crippen MR) is 168 cm³/mol. The third kappa shape index (κ3) is 8.37. The molecule has 228 valence electrons. The lowest BCUT2D eigenvalue weighted by Crippen LogP contribution is -2.49. The number of nitrogens with zero attached hydrogens (tertiary/aromatic N) is 3. The van der Waals surface area contributed by atoms with Gasteiger partial charge in [-0.1, -0.05) is 49.2 Å². The molecular weight excluding hydrogens is 577 g/mol. The van der Waals surface area contributed by atoms with Crippen LogP contribution in [0.1, 0.15) is 45.1 Å². The van der Waals surface area contributed by atoms with Gasteiger partial charge in [0.2, 0.25) is 11.8 Å². The van der Waals surface area contributed by atoms with Crippen LogP contribution in [0.4, 0.5) is 11.4 Å². The molecule has 11 heteroatoms. The van der Waals surface area contributed by atoms with Gasteiger partial charge in [-0.05, 0) is 61.9 Å². The van der Waals surface area contributed by atoms with Gasteiger partial charge < -0.3 is 20.7 Å². The summed E-state index contributed by atoms with van der Waals surface area (Å²) >= 11 is 12.6. The molecule has 1 atom stereocenters. The predicted octanol–water partition coefficient (Wildman–Crippen LogP) is 4.27. The molecule has 9 nitrogen and oxygen atoms in total. The molecule has 4 rings (SSSR count). The molecule has 42 heavy (non-hydrogen) atoms. The number of aryl methyl sites for hydroxylation is 1. The number of imide groups is 1. The molecule has 0 saturated carbocycles. The summed E-state index contributed by atoms with van der Waals surface area (Å²) in [5, 5.41) is 3.77. The van der Waals surface area contributed by atoms with Gasteiger partial charge in [-0.15, -0.1) is 0 Å². The Bertz CT molecular complexity index is 1270. The highest BCUT2D eigenvalue weighted by molar-refractivity contribution is 6.43. The number of nitrogens with two attached hydrogens (primary N) is 1. The number of unbranched alkanes of at least 4 members (excludes halogenated alkanes) is 1. The molecule has 1 unspecified atom stereocenters. The van der Waals surface area contributed by atoms with E-state index in [1.165, 1.54) is 0 Å². The molecule has 2 aromatic carbocycles. The molecule has 2 aliphatic rings. The topological polar surface area (TPSA) is 108 Å². The highest BCUT2D eigenvalue weighted by Gasteiger charge is 2.30. The first-order valence-corrected chi connectivity index (χ1v) is 15.5. The second-order valence-corrected chi connectivity index (χ2v) is 12.1. The summed E-state index contributed by atoms with van der Waals surface area (Å²) in [6.45, 7) is 8.88. The SMILES string of the molecule is CC(C)CC(N)C(=O)NCC(=O)N1C(=O)CCc2ccc(OCCCCN3CCN(c4cccc(Cl)c4Cl)CC3)cc21. The number of ether oxygens (including phenoxy) is 1. The van der Waals surface area contributed by atoms with Crippen LogP contribution < -0.4 is 25.6 Å². The molecule has 0 aliphatic carbocycles. The Morgan fingerprint density at radius 2 is 1.79 bits per heavy atom. The maximum atomic E-state index is 13.0. The number of carbonyl (C=O) groups is 3. The van der Waals surface area contributed by atoms with E-state index in [9.17, 15) is 14.4 Å². The molecule has 3 amide bonds. The van der Waals surface area contributed by atoms with Gasteiger partial charge in [0.25, 0.3) is 5.91 Å². The molecule has 2 heterocycles. The fraction of sp³-hybridized carbons (Fsp3) is 0.516. The Morgan fingerprint density at radius 1 is 1.02 bits per heavy atom. The normalized spacial score (nSPS) is 16.4. The van der Waals surface area contributed by atoms with Crippen molar-refractivity contribution in [3.05, 3.63) is 52.0 Å². The van der Waals surface area contributed by atoms with Crippen LogP contribution in [0.3, 0.4) is 0 Å². The number of nitrogens with one attached hydrogen (secondary N) is 1. The summed E-state index contributed by atoms with van der Waals surface area (Å²) in [7, 11) is 0. The lowest BCUT2D eigenvalue weighted by molar-refractivity contribution is -0.129. The zero-order valence-electron chi connectivity index (χ0n) is 24.4. The van der Waals surface area contributed by atoms with Crippen LogP contribution >= 0.6 is 23.2 Å². The van der Waals surface area contributed by atoms with Gasteiger partial charge in [0.05, 0.1) is 40.6 Å². The Kier molecular flexibility index (Phi) is 11.5. The summed E-state index contributed by atoms with van der Waals surface area (Å²) in [5.74, 6) is -0.307. The van der Waals surface area contributed by atoms with Gasteiger partial charge in [-0.25, -0.2) is 4.90 Å². The Morgan fingerprint density at radius 3 is 2.52 bits per heavy atom. The standard InChI is InChI=1S/C31H41Cl2N5O4/c1-21(2)18-25(34)31(41)35-20-29(40)38-27-19-23(10-8-22(27)9-11-28(38)39)42-17-4-3-12-36-13-15-37(16-14-36)26-7-5-6-24(32)30(26)33/h5-8,10,19,21,25H,3-4,9,11-18,20,34H2,1-2H3,(H,35,41). The van der Waals surface area contributed by atoms with Crippen molar-refractivity contribution in [3.8, 4) is 5.75 Å². The molecular formula is C31H41Cl2N5O4. The van der Waals surface area contributed by atoms with Gasteiger partial charge in [0.1, 0.15) is 5.75 Å². The molecule has 0 bridgehead atoms. The van der Waals surface area contributed by atoms with Crippen LogP contribution in [-0.2, 0) is 20.8 Å². The molecule has 1 fully saturated rings. The number of hydrogen-bond donors (Lipinski definition) is 2. The second kappa shape index (κ2) is 15.0. The van der Waals surface area contributed by atoms with Crippen LogP contribution in [0.25, 0.3) is 0 Å². The highest BCUT2D eigenvalue weighted by Crippen LogP contribution is 2.33. The zero-order chi connectivity index (χ0) is 30.2. The van der Waals surface area contributed by atoms with Crippen LogP contribution in [0.15, 0.2) is 36.4 Å². The van der Waals surface area contributed by atoms with Crippen molar-refractivity contribution in [2.45, 2.75) is 52.0 Å². The van der Waals surface area contributed by atoms with E-state index >= 15 is 0 Å². The zero-order valence-corrected chi connectivity index (χ0v) is 25.9.